The quantitative estimate of drug-likeness (QED) is 0.369. The van der Waals surface area contributed by atoms with Crippen LogP contribution in [-0.4, -0.2) is 11.2 Å². The number of hydrogen-bond acceptors (Lipinski definition) is 3. The summed E-state index contributed by atoms with van der Waals surface area (Å²) in [6.45, 7) is 0.646. The molecule has 0 bridgehead atoms. The second kappa shape index (κ2) is 3.27. The van der Waals surface area contributed by atoms with E-state index in [0.29, 0.717) is 6.54 Å². The normalized spacial score (nSPS) is 8.00. The van der Waals surface area contributed by atoms with E-state index >= 15 is 0 Å². The van der Waals surface area contributed by atoms with Gasteiger partial charge in [0.2, 0.25) is 6.29 Å². The Kier molecular flexibility index (Phi) is 2.83. The molecule has 0 atom stereocenters. The minimum atomic E-state index is -0.676. The number of nitro groups is 1. The van der Waals surface area contributed by atoms with Crippen molar-refractivity contribution in [3.63, 3.8) is 0 Å². The van der Waals surface area contributed by atoms with E-state index in [4.69, 9.17) is 0 Å². The van der Waals surface area contributed by atoms with Crippen LogP contribution in [0.3, 0.4) is 0 Å². The molecule has 2 radical (unpaired) electrons. The average Bonchev–Trinajstić information content (AvgIpc) is 1.61. The van der Waals surface area contributed by atoms with E-state index < -0.39 is 4.92 Å². The topological polar surface area (TPSA) is 60.2 Å². The standard InChI is InChI=1S/C3H3NO3/c5-3-1-2-4(6)7/h2H,1H2. The third-order valence-corrected chi connectivity index (χ3v) is 0.324. The van der Waals surface area contributed by atoms with Crippen molar-refractivity contribution < 1.29 is 9.72 Å². The Hall–Kier alpha value is -0.930. The largest absolute Gasteiger partial charge is 0.291 e. The van der Waals surface area contributed by atoms with Gasteiger partial charge in [-0.3, -0.25) is 14.9 Å². The van der Waals surface area contributed by atoms with Gasteiger partial charge in [0.1, 0.15) is 0 Å². The Bertz CT molecular complexity index is 80.2. The van der Waals surface area contributed by atoms with Crippen molar-refractivity contribution in [1.29, 1.82) is 0 Å². The highest BCUT2D eigenvalue weighted by Gasteiger charge is 1.94. The molecule has 7 heavy (non-hydrogen) atoms. The molecule has 0 saturated heterocycles. The van der Waals surface area contributed by atoms with Gasteiger partial charge < -0.3 is 0 Å². The van der Waals surface area contributed by atoms with E-state index in [1.807, 2.05) is 0 Å². The minimum Gasteiger partial charge on any atom is -0.291 e. The zero-order valence-corrected chi connectivity index (χ0v) is 3.46. The molecule has 0 aliphatic carbocycles. The second-order valence-electron chi connectivity index (χ2n) is 0.816. The van der Waals surface area contributed by atoms with Crippen LogP contribution in [0.15, 0.2) is 0 Å². The summed E-state index contributed by atoms with van der Waals surface area (Å²) in [5, 5.41) is 9.33. The molecule has 0 aromatic carbocycles. The summed E-state index contributed by atoms with van der Waals surface area (Å²) >= 11 is 0. The van der Waals surface area contributed by atoms with Crippen LogP contribution in [0.25, 0.3) is 0 Å². The van der Waals surface area contributed by atoms with E-state index in [1.165, 1.54) is 6.29 Å². The number of rotatable bonds is 3. The van der Waals surface area contributed by atoms with Crippen molar-refractivity contribution in [3.05, 3.63) is 16.7 Å². The molecule has 0 rings (SSSR count). The van der Waals surface area contributed by atoms with Gasteiger partial charge in [-0.2, -0.15) is 0 Å². The molecular formula is C3H3NO3. The Balaban J connectivity index is 2.97. The maximum Gasteiger partial charge on any atom is 0.286 e. The third-order valence-electron chi connectivity index (χ3n) is 0.324. The SMILES string of the molecule is O=[C]C[CH][N+](=O)[O-]. The molecule has 0 aromatic heterocycles. The van der Waals surface area contributed by atoms with E-state index in [-0.39, 0.29) is 6.42 Å². The summed E-state index contributed by atoms with van der Waals surface area (Å²) in [6, 6.07) is 0. The molecule has 0 heterocycles. The highest BCUT2D eigenvalue weighted by molar-refractivity contribution is 5.51. The van der Waals surface area contributed by atoms with Crippen LogP contribution in [-0.2, 0) is 4.79 Å². The maximum atomic E-state index is 9.33. The third kappa shape index (κ3) is 5.07. The highest BCUT2D eigenvalue weighted by Crippen LogP contribution is 1.79. The van der Waals surface area contributed by atoms with E-state index in [2.05, 4.69) is 0 Å². The molecular weight excluding hydrogens is 98.0 g/mol. The van der Waals surface area contributed by atoms with Crippen LogP contribution in [0.5, 0.6) is 0 Å². The molecule has 0 aliphatic heterocycles. The van der Waals surface area contributed by atoms with Crippen molar-refractivity contribution in [2.24, 2.45) is 0 Å². The number of nitrogens with zero attached hydrogens (tertiary/aromatic N) is 1. The first kappa shape index (κ1) is 6.07. The molecule has 0 spiro atoms. The summed E-state index contributed by atoms with van der Waals surface area (Å²) in [5.74, 6) is 0. The lowest BCUT2D eigenvalue weighted by atomic mass is 10.5. The van der Waals surface area contributed by atoms with Crippen LogP contribution < -0.4 is 0 Å². The Morgan fingerprint density at radius 2 is 2.43 bits per heavy atom. The van der Waals surface area contributed by atoms with Gasteiger partial charge in [0.15, 0.2) is 0 Å². The lowest BCUT2D eigenvalue weighted by Crippen LogP contribution is -1.91. The van der Waals surface area contributed by atoms with Crippen molar-refractivity contribution in [1.82, 2.24) is 0 Å². The zero-order valence-electron chi connectivity index (χ0n) is 3.46. The molecule has 0 fully saturated rings. The van der Waals surface area contributed by atoms with Crippen molar-refractivity contribution >= 4 is 6.29 Å². The summed E-state index contributed by atoms with van der Waals surface area (Å²) in [7, 11) is 0. The smallest absolute Gasteiger partial charge is 0.286 e. The molecule has 0 aliphatic rings. The van der Waals surface area contributed by atoms with Gasteiger partial charge >= 0.3 is 0 Å². The molecule has 0 saturated carbocycles. The predicted octanol–water partition coefficient (Wildman–Crippen LogP) is -0.0753. The van der Waals surface area contributed by atoms with Crippen LogP contribution >= 0.6 is 0 Å². The van der Waals surface area contributed by atoms with E-state index in [0.717, 1.165) is 0 Å². The van der Waals surface area contributed by atoms with Gasteiger partial charge in [-0.05, 0) is 0 Å². The fourth-order valence-corrected chi connectivity index (χ4v) is 0.112. The van der Waals surface area contributed by atoms with Crippen LogP contribution in [0.1, 0.15) is 6.42 Å². The van der Waals surface area contributed by atoms with Gasteiger partial charge in [-0.25, -0.2) is 0 Å². The Labute approximate surface area is 40.3 Å². The molecule has 0 unspecified atom stereocenters. The molecule has 0 N–H and O–H groups in total. The predicted molar refractivity (Wildman–Crippen MR) is 21.6 cm³/mol. The fraction of sp³-hybridized carbons (Fsp3) is 0.333. The van der Waals surface area contributed by atoms with Gasteiger partial charge in [-0.15, -0.1) is 0 Å². The summed E-state index contributed by atoms with van der Waals surface area (Å²) < 4.78 is 0. The van der Waals surface area contributed by atoms with Crippen LogP contribution in [0, 0.1) is 16.7 Å². The summed E-state index contributed by atoms with van der Waals surface area (Å²) in [4.78, 5) is 17.9. The summed E-state index contributed by atoms with van der Waals surface area (Å²) in [6.07, 6.45) is 1.12. The molecule has 4 nitrogen and oxygen atoms in total. The second-order valence-corrected chi connectivity index (χ2v) is 0.816. The lowest BCUT2D eigenvalue weighted by molar-refractivity contribution is -0.435. The monoisotopic (exact) mass is 101 g/mol. The van der Waals surface area contributed by atoms with Crippen molar-refractivity contribution in [3.8, 4) is 0 Å². The highest BCUT2D eigenvalue weighted by atomic mass is 16.6. The minimum absolute atomic E-state index is 0.229. The first-order valence-electron chi connectivity index (χ1n) is 1.59. The number of hydrogen-bond donors (Lipinski definition) is 0. The van der Waals surface area contributed by atoms with E-state index in [9.17, 15) is 14.9 Å². The van der Waals surface area contributed by atoms with Gasteiger partial charge in [0.25, 0.3) is 6.54 Å². The first-order valence-corrected chi connectivity index (χ1v) is 1.59. The van der Waals surface area contributed by atoms with Gasteiger partial charge in [0, 0.05) is 4.92 Å². The molecule has 38 valence electrons. The lowest BCUT2D eigenvalue weighted by Gasteiger charge is -1.77. The summed E-state index contributed by atoms with van der Waals surface area (Å²) in [5.41, 5.74) is 0. The maximum absolute atomic E-state index is 9.33. The van der Waals surface area contributed by atoms with Crippen molar-refractivity contribution in [2.45, 2.75) is 6.42 Å². The first-order chi connectivity index (χ1) is 3.27. The molecule has 4 heteroatoms. The zero-order chi connectivity index (χ0) is 5.70. The van der Waals surface area contributed by atoms with Crippen LogP contribution in [0.2, 0.25) is 0 Å². The molecule has 0 amide bonds. The fourth-order valence-electron chi connectivity index (χ4n) is 0.112. The van der Waals surface area contributed by atoms with Gasteiger partial charge in [-0.1, -0.05) is 0 Å². The Morgan fingerprint density at radius 1 is 1.86 bits per heavy atom. The number of carbonyl (C=O) groups excluding carboxylic acids is 1. The van der Waals surface area contributed by atoms with Gasteiger partial charge in [0.05, 0.1) is 6.42 Å². The van der Waals surface area contributed by atoms with Crippen LogP contribution in [0.4, 0.5) is 0 Å². The average molecular weight is 101 g/mol. The molecule has 0 aromatic rings. The van der Waals surface area contributed by atoms with E-state index in [1.54, 1.807) is 0 Å². The Morgan fingerprint density at radius 3 is 2.57 bits per heavy atom. The van der Waals surface area contributed by atoms with Crippen molar-refractivity contribution in [2.75, 3.05) is 0 Å².